The molecule has 0 spiro atoms. The molecule has 1 aromatic heterocycles. The van der Waals surface area contributed by atoms with Gasteiger partial charge in [-0.05, 0) is 62.1 Å². The Morgan fingerprint density at radius 1 is 1.07 bits per heavy atom. The Morgan fingerprint density at radius 2 is 1.80 bits per heavy atom. The van der Waals surface area contributed by atoms with Gasteiger partial charge in [-0.3, -0.25) is 9.59 Å². The first kappa shape index (κ1) is 20.1. The zero-order chi connectivity index (χ0) is 21.3. The summed E-state index contributed by atoms with van der Waals surface area (Å²) in [5.41, 5.74) is 3.82. The molecule has 0 N–H and O–H groups in total. The fourth-order valence-electron chi connectivity index (χ4n) is 4.37. The second-order valence-electron chi connectivity index (χ2n) is 7.99. The van der Waals surface area contributed by atoms with E-state index in [0.29, 0.717) is 24.3 Å². The quantitative estimate of drug-likeness (QED) is 0.599. The normalized spacial score (nSPS) is 16.5. The standard InChI is InChI=1S/C25H26N2O3/c1-16-13-20(14-17(2)24(16)30-3)23(28)19-8-6-12-27(15-19)25(29)22-11-10-18-7-4-5-9-21(18)26-22/h4-5,7,9-11,13-14,19H,6,8,12,15H2,1-3H3. The van der Waals surface area contributed by atoms with Crippen molar-refractivity contribution in [2.24, 2.45) is 5.92 Å². The summed E-state index contributed by atoms with van der Waals surface area (Å²) in [6.07, 6.45) is 1.60. The molecule has 1 aliphatic rings. The number of benzene rings is 2. The number of para-hydroxylation sites is 1. The number of likely N-dealkylation sites (tertiary alicyclic amines) is 1. The molecule has 1 atom stereocenters. The molecule has 0 bridgehead atoms. The van der Waals surface area contributed by atoms with E-state index in [1.807, 2.05) is 56.3 Å². The van der Waals surface area contributed by atoms with Gasteiger partial charge in [0.1, 0.15) is 11.4 Å². The number of ketones is 1. The SMILES string of the molecule is COc1c(C)cc(C(=O)C2CCCN(C(=O)c3ccc4ccccc4n3)C2)cc1C. The molecule has 5 heteroatoms. The number of carbonyl (C=O) groups is 2. The van der Waals surface area contributed by atoms with E-state index < -0.39 is 0 Å². The van der Waals surface area contributed by atoms with Gasteiger partial charge in [0.15, 0.2) is 5.78 Å². The molecule has 154 valence electrons. The van der Waals surface area contributed by atoms with E-state index in [2.05, 4.69) is 4.98 Å². The molecule has 5 nitrogen and oxygen atoms in total. The molecular formula is C25H26N2O3. The Bertz CT molecular complexity index is 1100. The number of ether oxygens (including phenoxy) is 1. The van der Waals surface area contributed by atoms with E-state index in [0.717, 1.165) is 40.6 Å². The Hall–Kier alpha value is -3.21. The minimum Gasteiger partial charge on any atom is -0.496 e. The van der Waals surface area contributed by atoms with Crippen molar-refractivity contribution in [3.63, 3.8) is 0 Å². The number of rotatable bonds is 4. The van der Waals surface area contributed by atoms with Crippen LogP contribution in [0.3, 0.4) is 0 Å². The van der Waals surface area contributed by atoms with Gasteiger partial charge in [0, 0.05) is 30.0 Å². The lowest BCUT2D eigenvalue weighted by Crippen LogP contribution is -2.42. The van der Waals surface area contributed by atoms with Crippen LogP contribution in [-0.4, -0.2) is 41.8 Å². The number of fused-ring (bicyclic) bond motifs is 1. The van der Waals surface area contributed by atoms with Crippen LogP contribution in [0.1, 0.15) is 44.8 Å². The number of Topliss-reactive ketones (excluding diaryl/α,β-unsaturated/α-hetero) is 1. The number of amides is 1. The molecule has 1 fully saturated rings. The van der Waals surface area contributed by atoms with Crippen molar-refractivity contribution in [2.45, 2.75) is 26.7 Å². The van der Waals surface area contributed by atoms with Crippen LogP contribution in [-0.2, 0) is 0 Å². The second kappa shape index (κ2) is 8.27. The van der Waals surface area contributed by atoms with Crippen molar-refractivity contribution in [2.75, 3.05) is 20.2 Å². The number of nitrogens with zero attached hydrogens (tertiary/aromatic N) is 2. The molecule has 1 unspecified atom stereocenters. The summed E-state index contributed by atoms with van der Waals surface area (Å²) < 4.78 is 5.41. The molecule has 2 heterocycles. The van der Waals surface area contributed by atoms with Crippen molar-refractivity contribution >= 4 is 22.6 Å². The van der Waals surface area contributed by atoms with E-state index >= 15 is 0 Å². The minimum absolute atomic E-state index is 0.0906. The lowest BCUT2D eigenvalue weighted by atomic mass is 9.88. The summed E-state index contributed by atoms with van der Waals surface area (Å²) in [6, 6.07) is 15.2. The highest BCUT2D eigenvalue weighted by molar-refractivity contribution is 6.00. The lowest BCUT2D eigenvalue weighted by molar-refractivity contribution is 0.0632. The van der Waals surface area contributed by atoms with Gasteiger partial charge in [0.25, 0.3) is 5.91 Å². The summed E-state index contributed by atoms with van der Waals surface area (Å²) in [5, 5.41) is 1.01. The van der Waals surface area contributed by atoms with Crippen molar-refractivity contribution in [1.82, 2.24) is 9.88 Å². The molecule has 0 saturated carbocycles. The molecule has 1 saturated heterocycles. The number of piperidine rings is 1. The fraction of sp³-hybridized carbons (Fsp3) is 0.320. The molecule has 1 aliphatic heterocycles. The monoisotopic (exact) mass is 402 g/mol. The average molecular weight is 402 g/mol. The van der Waals surface area contributed by atoms with E-state index in [4.69, 9.17) is 4.74 Å². The lowest BCUT2D eigenvalue weighted by Gasteiger charge is -2.32. The number of aryl methyl sites for hydroxylation is 2. The summed E-state index contributed by atoms with van der Waals surface area (Å²) in [7, 11) is 1.64. The molecular weight excluding hydrogens is 376 g/mol. The first-order chi connectivity index (χ1) is 14.5. The highest BCUT2D eigenvalue weighted by Gasteiger charge is 2.30. The van der Waals surface area contributed by atoms with Gasteiger partial charge in [0.2, 0.25) is 0 Å². The van der Waals surface area contributed by atoms with Crippen LogP contribution in [0.25, 0.3) is 10.9 Å². The van der Waals surface area contributed by atoms with Crippen LogP contribution in [0, 0.1) is 19.8 Å². The van der Waals surface area contributed by atoms with Gasteiger partial charge in [-0.15, -0.1) is 0 Å². The first-order valence-electron chi connectivity index (χ1n) is 10.3. The topological polar surface area (TPSA) is 59.5 Å². The summed E-state index contributed by atoms with van der Waals surface area (Å²) in [6.45, 7) is 4.98. The van der Waals surface area contributed by atoms with Gasteiger partial charge in [0.05, 0.1) is 12.6 Å². The molecule has 1 amide bonds. The third kappa shape index (κ3) is 3.80. The third-order valence-corrected chi connectivity index (χ3v) is 5.85. The van der Waals surface area contributed by atoms with Crippen LogP contribution in [0.4, 0.5) is 0 Å². The summed E-state index contributed by atoms with van der Waals surface area (Å²) in [5.74, 6) is 0.595. The van der Waals surface area contributed by atoms with Crippen molar-refractivity contribution in [1.29, 1.82) is 0 Å². The van der Waals surface area contributed by atoms with Crippen LogP contribution >= 0.6 is 0 Å². The molecule has 30 heavy (non-hydrogen) atoms. The maximum atomic E-state index is 13.2. The minimum atomic E-state index is -0.199. The predicted octanol–water partition coefficient (Wildman–Crippen LogP) is 4.60. The largest absolute Gasteiger partial charge is 0.496 e. The average Bonchev–Trinajstić information content (AvgIpc) is 2.77. The van der Waals surface area contributed by atoms with Crippen molar-refractivity contribution in [3.05, 3.63) is 70.9 Å². The predicted molar refractivity (Wildman–Crippen MR) is 117 cm³/mol. The number of aromatic nitrogens is 1. The Balaban J connectivity index is 1.53. The Kier molecular flexibility index (Phi) is 5.53. The number of pyridine rings is 1. The van der Waals surface area contributed by atoms with Gasteiger partial charge >= 0.3 is 0 Å². The van der Waals surface area contributed by atoms with Crippen molar-refractivity contribution < 1.29 is 14.3 Å². The Morgan fingerprint density at radius 3 is 2.53 bits per heavy atom. The smallest absolute Gasteiger partial charge is 0.272 e. The van der Waals surface area contributed by atoms with Crippen LogP contribution in [0.5, 0.6) is 5.75 Å². The third-order valence-electron chi connectivity index (χ3n) is 5.85. The number of hydrogen-bond donors (Lipinski definition) is 0. The zero-order valence-electron chi connectivity index (χ0n) is 17.6. The van der Waals surface area contributed by atoms with E-state index in [1.165, 1.54) is 0 Å². The zero-order valence-corrected chi connectivity index (χ0v) is 17.6. The number of carbonyl (C=O) groups excluding carboxylic acids is 2. The van der Waals surface area contributed by atoms with Gasteiger partial charge in [-0.2, -0.15) is 0 Å². The van der Waals surface area contributed by atoms with E-state index in [-0.39, 0.29) is 17.6 Å². The fourth-order valence-corrected chi connectivity index (χ4v) is 4.37. The van der Waals surface area contributed by atoms with Crippen LogP contribution in [0.15, 0.2) is 48.5 Å². The van der Waals surface area contributed by atoms with Gasteiger partial charge in [-0.1, -0.05) is 24.3 Å². The van der Waals surface area contributed by atoms with E-state index in [9.17, 15) is 9.59 Å². The molecule has 3 aromatic rings. The summed E-state index contributed by atoms with van der Waals surface area (Å²) >= 11 is 0. The van der Waals surface area contributed by atoms with Crippen molar-refractivity contribution in [3.8, 4) is 5.75 Å². The summed E-state index contributed by atoms with van der Waals surface area (Å²) in [4.78, 5) is 32.6. The Labute approximate surface area is 176 Å². The second-order valence-corrected chi connectivity index (χ2v) is 7.99. The molecule has 0 aliphatic carbocycles. The molecule has 4 rings (SSSR count). The van der Waals surface area contributed by atoms with Crippen LogP contribution < -0.4 is 4.74 Å². The maximum absolute atomic E-state index is 13.2. The molecule has 0 radical (unpaired) electrons. The van der Waals surface area contributed by atoms with Crippen LogP contribution in [0.2, 0.25) is 0 Å². The van der Waals surface area contributed by atoms with E-state index in [1.54, 1.807) is 18.1 Å². The van der Waals surface area contributed by atoms with Gasteiger partial charge in [-0.25, -0.2) is 4.98 Å². The number of methoxy groups -OCH3 is 1. The highest BCUT2D eigenvalue weighted by Crippen LogP contribution is 2.28. The van der Waals surface area contributed by atoms with Gasteiger partial charge < -0.3 is 9.64 Å². The number of hydrogen-bond acceptors (Lipinski definition) is 4. The highest BCUT2D eigenvalue weighted by atomic mass is 16.5. The first-order valence-corrected chi connectivity index (χ1v) is 10.3. The molecule has 2 aromatic carbocycles. The maximum Gasteiger partial charge on any atom is 0.272 e.